The van der Waals surface area contributed by atoms with E-state index in [1.807, 2.05) is 30.3 Å². The van der Waals surface area contributed by atoms with Gasteiger partial charge in [0.05, 0.1) is 0 Å². The summed E-state index contributed by atoms with van der Waals surface area (Å²) in [5.74, 6) is 0.347. The normalized spacial score (nSPS) is 10.7. The Hall–Kier alpha value is -1.37. The Morgan fingerprint density at radius 3 is 2.68 bits per heavy atom. The van der Waals surface area contributed by atoms with Gasteiger partial charge in [0.25, 0.3) is 5.91 Å². The topological polar surface area (TPSA) is 57.8 Å². The lowest BCUT2D eigenvalue weighted by Gasteiger charge is -2.02. The summed E-state index contributed by atoms with van der Waals surface area (Å²) in [6.45, 7) is 4.26. The molecule has 0 radical (unpaired) electrons. The van der Waals surface area contributed by atoms with Crippen molar-refractivity contribution in [3.63, 3.8) is 0 Å². The predicted molar refractivity (Wildman–Crippen MR) is 84.2 cm³/mol. The maximum atomic E-state index is 12.0. The molecular weight excluding hydrogens is 353 g/mol. The number of halogens is 1. The molecule has 0 fully saturated rings. The smallest absolute Gasteiger partial charge is 0.276 e. The predicted octanol–water partition coefficient (Wildman–Crippen LogP) is 3.47. The monoisotopic (exact) mass is 369 g/mol. The molecule has 0 spiro atoms. The quantitative estimate of drug-likeness (QED) is 0.811. The Balaban J connectivity index is 2.03. The molecule has 2 aromatic rings. The van der Waals surface area contributed by atoms with E-state index in [9.17, 15) is 4.79 Å². The summed E-state index contributed by atoms with van der Waals surface area (Å²) in [6, 6.07) is 9.46. The van der Waals surface area contributed by atoms with E-state index < -0.39 is 0 Å². The number of hydrogen-bond acceptors (Lipinski definition) is 2. The van der Waals surface area contributed by atoms with E-state index in [0.717, 1.165) is 21.4 Å². The Morgan fingerprint density at radius 1 is 1.37 bits per heavy atom. The highest BCUT2D eigenvalue weighted by atomic mass is 127. The molecule has 0 aliphatic heterocycles. The SMILES string of the molecule is CC(C)Cc1cc(C(=O)Nc2ccc(I)cc2)n[nH]1. The van der Waals surface area contributed by atoms with Gasteiger partial charge in [-0.05, 0) is 65.3 Å². The van der Waals surface area contributed by atoms with Gasteiger partial charge < -0.3 is 5.32 Å². The van der Waals surface area contributed by atoms with E-state index in [4.69, 9.17) is 0 Å². The fourth-order valence-electron chi connectivity index (χ4n) is 1.75. The van der Waals surface area contributed by atoms with Gasteiger partial charge in [0, 0.05) is 15.0 Å². The van der Waals surface area contributed by atoms with Crippen molar-refractivity contribution in [3.8, 4) is 0 Å². The summed E-state index contributed by atoms with van der Waals surface area (Å²) < 4.78 is 1.13. The van der Waals surface area contributed by atoms with Gasteiger partial charge in [-0.1, -0.05) is 13.8 Å². The van der Waals surface area contributed by atoms with Gasteiger partial charge in [-0.3, -0.25) is 9.89 Å². The van der Waals surface area contributed by atoms with Gasteiger partial charge in [-0.25, -0.2) is 0 Å². The van der Waals surface area contributed by atoms with E-state index in [0.29, 0.717) is 11.6 Å². The lowest BCUT2D eigenvalue weighted by atomic mass is 10.1. The van der Waals surface area contributed by atoms with E-state index in [2.05, 4.69) is 52.0 Å². The highest BCUT2D eigenvalue weighted by Gasteiger charge is 2.11. The molecule has 0 saturated heterocycles. The van der Waals surface area contributed by atoms with Crippen molar-refractivity contribution < 1.29 is 4.79 Å². The van der Waals surface area contributed by atoms with Crippen LogP contribution < -0.4 is 5.32 Å². The average Bonchev–Trinajstić information content (AvgIpc) is 2.80. The molecule has 1 heterocycles. The number of carbonyl (C=O) groups excluding carboxylic acids is 1. The standard InChI is InChI=1S/C14H16IN3O/c1-9(2)7-12-8-13(18-17-12)14(19)16-11-5-3-10(15)4-6-11/h3-6,8-9H,7H2,1-2H3,(H,16,19)(H,17,18). The van der Waals surface area contributed by atoms with Gasteiger partial charge in [0.2, 0.25) is 0 Å². The third-order valence-corrected chi connectivity index (χ3v) is 3.31. The third kappa shape index (κ3) is 4.05. The molecule has 0 bridgehead atoms. The van der Waals surface area contributed by atoms with Crippen LogP contribution in [-0.2, 0) is 6.42 Å². The molecule has 2 N–H and O–H groups in total. The maximum absolute atomic E-state index is 12.0. The van der Waals surface area contributed by atoms with Gasteiger partial charge in [0.1, 0.15) is 0 Å². The molecule has 0 aliphatic rings. The zero-order valence-corrected chi connectivity index (χ0v) is 13.1. The van der Waals surface area contributed by atoms with Gasteiger partial charge in [-0.15, -0.1) is 0 Å². The highest BCUT2D eigenvalue weighted by Crippen LogP contribution is 2.13. The van der Waals surface area contributed by atoms with Crippen LogP contribution in [0.1, 0.15) is 30.0 Å². The lowest BCUT2D eigenvalue weighted by molar-refractivity contribution is 0.102. The van der Waals surface area contributed by atoms with Crippen LogP contribution in [0.5, 0.6) is 0 Å². The lowest BCUT2D eigenvalue weighted by Crippen LogP contribution is -2.12. The number of nitrogens with one attached hydrogen (secondary N) is 2. The fraction of sp³-hybridized carbons (Fsp3) is 0.286. The molecule has 0 unspecified atom stereocenters. The molecule has 2 rings (SSSR count). The van der Waals surface area contributed by atoms with Crippen molar-refractivity contribution in [1.29, 1.82) is 0 Å². The minimum atomic E-state index is -0.188. The molecule has 0 aliphatic carbocycles. The Bertz CT molecular complexity index is 560. The summed E-state index contributed by atoms with van der Waals surface area (Å²) in [5.41, 5.74) is 2.19. The maximum Gasteiger partial charge on any atom is 0.276 e. The second-order valence-electron chi connectivity index (χ2n) is 4.84. The van der Waals surface area contributed by atoms with Crippen LogP contribution in [0.25, 0.3) is 0 Å². The first-order chi connectivity index (χ1) is 9.04. The third-order valence-electron chi connectivity index (χ3n) is 2.59. The minimum Gasteiger partial charge on any atom is -0.321 e. The number of nitrogens with zero attached hydrogens (tertiary/aromatic N) is 1. The van der Waals surface area contributed by atoms with Crippen LogP contribution in [0, 0.1) is 9.49 Å². The summed E-state index contributed by atoms with van der Waals surface area (Å²) in [4.78, 5) is 12.0. The van der Waals surface area contributed by atoms with Crippen LogP contribution in [0.3, 0.4) is 0 Å². The summed E-state index contributed by atoms with van der Waals surface area (Å²) in [5, 5.41) is 9.77. The molecular formula is C14H16IN3O. The first kappa shape index (κ1) is 14.0. The summed E-state index contributed by atoms with van der Waals surface area (Å²) in [7, 11) is 0. The minimum absolute atomic E-state index is 0.188. The van der Waals surface area contributed by atoms with Gasteiger partial charge in [0.15, 0.2) is 5.69 Å². The van der Waals surface area contributed by atoms with Crippen LogP contribution >= 0.6 is 22.6 Å². The number of aromatic nitrogens is 2. The molecule has 5 heteroatoms. The molecule has 1 amide bonds. The van der Waals surface area contributed by atoms with Crippen molar-refractivity contribution in [1.82, 2.24) is 10.2 Å². The van der Waals surface area contributed by atoms with Crippen LogP contribution in [0.4, 0.5) is 5.69 Å². The molecule has 4 nitrogen and oxygen atoms in total. The van der Waals surface area contributed by atoms with Crippen molar-refractivity contribution in [2.75, 3.05) is 5.32 Å². The van der Waals surface area contributed by atoms with Crippen molar-refractivity contribution in [3.05, 3.63) is 45.3 Å². The molecule has 0 atom stereocenters. The van der Waals surface area contributed by atoms with Crippen LogP contribution in [0.2, 0.25) is 0 Å². The molecule has 1 aromatic carbocycles. The van der Waals surface area contributed by atoms with Crippen LogP contribution in [-0.4, -0.2) is 16.1 Å². The van der Waals surface area contributed by atoms with E-state index in [1.54, 1.807) is 0 Å². The molecule has 100 valence electrons. The molecule has 19 heavy (non-hydrogen) atoms. The zero-order valence-electron chi connectivity index (χ0n) is 10.9. The first-order valence-electron chi connectivity index (χ1n) is 6.16. The van der Waals surface area contributed by atoms with Crippen molar-refractivity contribution in [2.45, 2.75) is 20.3 Å². The Kier molecular flexibility index (Phi) is 4.57. The van der Waals surface area contributed by atoms with Crippen molar-refractivity contribution in [2.24, 2.45) is 5.92 Å². The molecule has 1 aromatic heterocycles. The Labute approximate surface area is 126 Å². The number of amides is 1. The van der Waals surface area contributed by atoms with Crippen LogP contribution in [0.15, 0.2) is 30.3 Å². The summed E-state index contributed by atoms with van der Waals surface area (Å²) in [6.07, 6.45) is 0.893. The number of hydrogen-bond donors (Lipinski definition) is 2. The van der Waals surface area contributed by atoms with E-state index >= 15 is 0 Å². The largest absolute Gasteiger partial charge is 0.321 e. The average molecular weight is 369 g/mol. The first-order valence-corrected chi connectivity index (χ1v) is 7.23. The molecule has 0 saturated carbocycles. The van der Waals surface area contributed by atoms with Gasteiger partial charge >= 0.3 is 0 Å². The number of rotatable bonds is 4. The number of aromatic amines is 1. The van der Waals surface area contributed by atoms with Crippen molar-refractivity contribution >= 4 is 34.2 Å². The Morgan fingerprint density at radius 2 is 2.05 bits per heavy atom. The highest BCUT2D eigenvalue weighted by molar-refractivity contribution is 14.1. The fourth-order valence-corrected chi connectivity index (χ4v) is 2.11. The summed E-state index contributed by atoms with van der Waals surface area (Å²) >= 11 is 2.23. The van der Waals surface area contributed by atoms with E-state index in [-0.39, 0.29) is 5.91 Å². The number of benzene rings is 1. The van der Waals surface area contributed by atoms with Gasteiger partial charge in [-0.2, -0.15) is 5.10 Å². The second kappa shape index (κ2) is 6.18. The second-order valence-corrected chi connectivity index (χ2v) is 6.08. The number of carbonyl (C=O) groups is 1. The number of anilines is 1. The number of H-pyrrole nitrogens is 1. The van der Waals surface area contributed by atoms with E-state index in [1.165, 1.54) is 0 Å². The zero-order chi connectivity index (χ0) is 13.8.